The summed E-state index contributed by atoms with van der Waals surface area (Å²) >= 11 is 6.17. The lowest BCUT2D eigenvalue weighted by Gasteiger charge is -2.13. The molecule has 1 heterocycles. The van der Waals surface area contributed by atoms with Gasteiger partial charge in [0, 0.05) is 16.8 Å². The van der Waals surface area contributed by atoms with Crippen molar-refractivity contribution in [2.45, 2.75) is 20.0 Å². The summed E-state index contributed by atoms with van der Waals surface area (Å²) in [4.78, 5) is 4.31. The van der Waals surface area contributed by atoms with E-state index in [1.807, 2.05) is 37.3 Å². The molecule has 2 N–H and O–H groups in total. The summed E-state index contributed by atoms with van der Waals surface area (Å²) in [7, 11) is 0. The molecular weight excluding hydrogens is 260 g/mol. The lowest BCUT2D eigenvalue weighted by atomic mass is 10.1. The molecule has 0 fully saturated rings. The lowest BCUT2D eigenvalue weighted by molar-refractivity contribution is 0.297. The van der Waals surface area contributed by atoms with Gasteiger partial charge in [0.15, 0.2) is 0 Å². The number of hydrogen-bond donors (Lipinski definition) is 1. The van der Waals surface area contributed by atoms with Crippen molar-refractivity contribution in [2.24, 2.45) is 5.73 Å². The Kier molecular flexibility index (Phi) is 4.77. The molecule has 2 aromatic rings. The molecule has 0 amide bonds. The molecule has 0 aliphatic heterocycles. The molecule has 0 spiro atoms. The second-order valence-electron chi connectivity index (χ2n) is 4.31. The first kappa shape index (κ1) is 13.8. The summed E-state index contributed by atoms with van der Waals surface area (Å²) in [6, 6.07) is 9.58. The van der Waals surface area contributed by atoms with Crippen LogP contribution < -0.4 is 10.5 Å². The van der Waals surface area contributed by atoms with Crippen molar-refractivity contribution in [1.29, 1.82) is 0 Å². The summed E-state index contributed by atoms with van der Waals surface area (Å²) in [6.07, 6.45) is 2.47. The molecular formula is C15H17ClN2O. The normalized spacial score (nSPS) is 10.5. The van der Waals surface area contributed by atoms with Gasteiger partial charge >= 0.3 is 0 Å². The second-order valence-corrected chi connectivity index (χ2v) is 4.72. The minimum Gasteiger partial charge on any atom is -0.487 e. The van der Waals surface area contributed by atoms with Gasteiger partial charge in [-0.3, -0.25) is 4.98 Å². The van der Waals surface area contributed by atoms with E-state index in [1.54, 1.807) is 6.20 Å². The van der Waals surface area contributed by atoms with Gasteiger partial charge in [-0.2, -0.15) is 0 Å². The van der Waals surface area contributed by atoms with Crippen LogP contribution in [0, 0.1) is 6.92 Å². The van der Waals surface area contributed by atoms with E-state index < -0.39 is 0 Å². The fourth-order valence-corrected chi connectivity index (χ4v) is 2.14. The average Bonchev–Trinajstić information content (AvgIpc) is 2.41. The van der Waals surface area contributed by atoms with E-state index in [0.29, 0.717) is 24.6 Å². The molecule has 0 aliphatic rings. The molecule has 0 atom stereocenters. The Hall–Kier alpha value is -1.58. The largest absolute Gasteiger partial charge is 0.487 e. The van der Waals surface area contributed by atoms with Gasteiger partial charge in [0.05, 0.1) is 5.69 Å². The monoisotopic (exact) mass is 276 g/mol. The molecule has 3 nitrogen and oxygen atoms in total. The molecule has 2 rings (SSSR count). The molecule has 1 aromatic heterocycles. The summed E-state index contributed by atoms with van der Waals surface area (Å²) in [6.45, 7) is 3.00. The molecule has 19 heavy (non-hydrogen) atoms. The average molecular weight is 277 g/mol. The zero-order chi connectivity index (χ0) is 13.7. The quantitative estimate of drug-likeness (QED) is 0.913. The van der Waals surface area contributed by atoms with E-state index in [1.165, 1.54) is 0 Å². The number of benzene rings is 1. The third kappa shape index (κ3) is 3.46. The van der Waals surface area contributed by atoms with Crippen LogP contribution in [-0.4, -0.2) is 11.5 Å². The van der Waals surface area contributed by atoms with Crippen LogP contribution in [0.1, 0.15) is 16.8 Å². The molecule has 0 saturated carbocycles. The van der Waals surface area contributed by atoms with Gasteiger partial charge in [-0.25, -0.2) is 0 Å². The molecule has 0 aliphatic carbocycles. The number of hydrogen-bond acceptors (Lipinski definition) is 3. The number of aryl methyl sites for hydroxylation is 1. The van der Waals surface area contributed by atoms with Gasteiger partial charge in [-0.1, -0.05) is 23.7 Å². The van der Waals surface area contributed by atoms with Crippen molar-refractivity contribution < 1.29 is 4.74 Å². The minimum atomic E-state index is 0.435. The molecule has 0 bridgehead atoms. The first-order valence-corrected chi connectivity index (χ1v) is 6.61. The number of halogens is 1. The van der Waals surface area contributed by atoms with Crippen molar-refractivity contribution in [3.8, 4) is 5.75 Å². The van der Waals surface area contributed by atoms with E-state index >= 15 is 0 Å². The smallest absolute Gasteiger partial charge is 0.130 e. The maximum Gasteiger partial charge on any atom is 0.130 e. The molecule has 0 unspecified atom stereocenters. The number of rotatable bonds is 5. The maximum atomic E-state index is 6.17. The van der Waals surface area contributed by atoms with Crippen molar-refractivity contribution in [3.05, 3.63) is 58.4 Å². The Morgan fingerprint density at radius 1 is 1.26 bits per heavy atom. The van der Waals surface area contributed by atoms with Gasteiger partial charge in [0.25, 0.3) is 0 Å². The van der Waals surface area contributed by atoms with Gasteiger partial charge in [0.2, 0.25) is 0 Å². The van der Waals surface area contributed by atoms with Gasteiger partial charge in [0.1, 0.15) is 12.4 Å². The summed E-state index contributed by atoms with van der Waals surface area (Å²) in [5.41, 5.74) is 8.61. The van der Waals surface area contributed by atoms with Gasteiger partial charge in [-0.05, 0) is 43.7 Å². The summed E-state index contributed by atoms with van der Waals surface area (Å²) in [5, 5.41) is 0.695. The van der Waals surface area contributed by atoms with Crippen LogP contribution in [0.3, 0.4) is 0 Å². The van der Waals surface area contributed by atoms with Gasteiger partial charge < -0.3 is 10.5 Å². The summed E-state index contributed by atoms with van der Waals surface area (Å²) in [5.74, 6) is 0.781. The fourth-order valence-electron chi connectivity index (χ4n) is 1.88. The van der Waals surface area contributed by atoms with Crippen LogP contribution in [-0.2, 0) is 13.0 Å². The molecule has 0 radical (unpaired) electrons. The van der Waals surface area contributed by atoms with E-state index in [-0.39, 0.29) is 0 Å². The topological polar surface area (TPSA) is 48.1 Å². The molecule has 100 valence electrons. The lowest BCUT2D eigenvalue weighted by Crippen LogP contribution is -2.07. The van der Waals surface area contributed by atoms with Crippen LogP contribution in [0.2, 0.25) is 5.02 Å². The van der Waals surface area contributed by atoms with E-state index in [2.05, 4.69) is 4.98 Å². The van der Waals surface area contributed by atoms with Crippen LogP contribution in [0.25, 0.3) is 0 Å². The highest BCUT2D eigenvalue weighted by Gasteiger charge is 2.08. The fraction of sp³-hybridized carbons (Fsp3) is 0.267. The third-order valence-electron chi connectivity index (χ3n) is 2.95. The minimum absolute atomic E-state index is 0.435. The Morgan fingerprint density at radius 2 is 2.11 bits per heavy atom. The SMILES string of the molecule is Cc1cccnc1COc1cccc(Cl)c1CCN. The van der Waals surface area contributed by atoms with Crippen molar-refractivity contribution >= 4 is 11.6 Å². The van der Waals surface area contributed by atoms with Crippen molar-refractivity contribution in [3.63, 3.8) is 0 Å². The Balaban J connectivity index is 2.16. The summed E-state index contributed by atoms with van der Waals surface area (Å²) < 4.78 is 5.83. The predicted molar refractivity (Wildman–Crippen MR) is 77.5 cm³/mol. The highest BCUT2D eigenvalue weighted by molar-refractivity contribution is 6.31. The molecule has 1 aromatic carbocycles. The standard InChI is InChI=1S/C15H17ClN2O/c1-11-4-3-9-18-14(11)10-19-15-6-2-5-13(16)12(15)7-8-17/h2-6,9H,7-8,10,17H2,1H3. The van der Waals surface area contributed by atoms with Crippen molar-refractivity contribution in [1.82, 2.24) is 4.98 Å². The van der Waals surface area contributed by atoms with Crippen LogP contribution in [0.15, 0.2) is 36.5 Å². The Morgan fingerprint density at radius 3 is 2.84 bits per heavy atom. The second kappa shape index (κ2) is 6.55. The molecule has 0 saturated heterocycles. The maximum absolute atomic E-state index is 6.17. The van der Waals surface area contributed by atoms with E-state index in [4.69, 9.17) is 22.1 Å². The third-order valence-corrected chi connectivity index (χ3v) is 3.31. The van der Waals surface area contributed by atoms with Crippen LogP contribution in [0.4, 0.5) is 0 Å². The predicted octanol–water partition coefficient (Wildman–Crippen LogP) is 3.12. The Labute approximate surface area is 118 Å². The van der Waals surface area contributed by atoms with E-state index in [9.17, 15) is 0 Å². The first-order valence-electron chi connectivity index (χ1n) is 6.23. The zero-order valence-electron chi connectivity index (χ0n) is 10.9. The zero-order valence-corrected chi connectivity index (χ0v) is 11.7. The highest BCUT2D eigenvalue weighted by atomic mass is 35.5. The van der Waals surface area contributed by atoms with Crippen molar-refractivity contribution in [2.75, 3.05) is 6.54 Å². The Bertz CT molecular complexity index is 558. The highest BCUT2D eigenvalue weighted by Crippen LogP contribution is 2.27. The first-order chi connectivity index (χ1) is 9.22. The number of nitrogens with zero attached hydrogens (tertiary/aromatic N) is 1. The molecule has 4 heteroatoms. The number of nitrogens with two attached hydrogens (primary N) is 1. The number of pyridine rings is 1. The van der Waals surface area contributed by atoms with Gasteiger partial charge in [-0.15, -0.1) is 0 Å². The number of ether oxygens (including phenoxy) is 1. The van der Waals surface area contributed by atoms with E-state index in [0.717, 1.165) is 22.6 Å². The van der Waals surface area contributed by atoms with Crippen LogP contribution >= 0.6 is 11.6 Å². The van der Waals surface area contributed by atoms with Crippen LogP contribution in [0.5, 0.6) is 5.75 Å². The number of aromatic nitrogens is 1.